The smallest absolute Gasteiger partial charge is 0.339 e. The Balaban J connectivity index is 2.40. The Kier molecular flexibility index (Phi) is 4.16. The first-order valence-corrected chi connectivity index (χ1v) is 6.43. The summed E-state index contributed by atoms with van der Waals surface area (Å²) in [5, 5.41) is 17.3. The van der Waals surface area contributed by atoms with Crippen LogP contribution in [0.4, 0.5) is 10.2 Å². The second-order valence-corrected chi connectivity index (χ2v) is 4.86. The molecule has 0 aliphatic carbocycles. The van der Waals surface area contributed by atoms with Crippen molar-refractivity contribution in [1.82, 2.24) is 10.2 Å². The maximum atomic E-state index is 13.7. The van der Waals surface area contributed by atoms with Crippen molar-refractivity contribution in [2.24, 2.45) is 0 Å². The largest absolute Gasteiger partial charge is 0.478 e. The molecule has 0 atom stereocenters. The van der Waals surface area contributed by atoms with E-state index in [1.807, 2.05) is 0 Å². The van der Waals surface area contributed by atoms with Gasteiger partial charge in [-0.15, -0.1) is 5.10 Å². The van der Waals surface area contributed by atoms with Gasteiger partial charge in [0, 0.05) is 19.2 Å². The van der Waals surface area contributed by atoms with Crippen molar-refractivity contribution >= 4 is 11.8 Å². The van der Waals surface area contributed by atoms with Gasteiger partial charge in [-0.05, 0) is 25.5 Å². The van der Waals surface area contributed by atoms with Gasteiger partial charge in [0.1, 0.15) is 11.4 Å². The Labute approximate surface area is 122 Å². The highest BCUT2D eigenvalue weighted by Crippen LogP contribution is 2.23. The average Bonchev–Trinajstić information content (AvgIpc) is 2.43. The summed E-state index contributed by atoms with van der Waals surface area (Å²) >= 11 is 0. The molecule has 0 radical (unpaired) electrons. The van der Waals surface area contributed by atoms with Crippen LogP contribution in [0, 0.1) is 19.7 Å². The molecular formula is C15H16FN3O2. The van der Waals surface area contributed by atoms with Crippen LogP contribution in [0.2, 0.25) is 0 Å². The van der Waals surface area contributed by atoms with Crippen LogP contribution in [0.5, 0.6) is 0 Å². The third kappa shape index (κ3) is 2.99. The van der Waals surface area contributed by atoms with Crippen LogP contribution in [-0.4, -0.2) is 28.3 Å². The van der Waals surface area contributed by atoms with Crippen molar-refractivity contribution in [3.63, 3.8) is 0 Å². The number of rotatable bonds is 4. The third-order valence-corrected chi connectivity index (χ3v) is 3.38. The number of anilines is 1. The molecule has 0 amide bonds. The van der Waals surface area contributed by atoms with E-state index < -0.39 is 5.97 Å². The molecule has 6 heteroatoms. The Morgan fingerprint density at radius 3 is 2.57 bits per heavy atom. The van der Waals surface area contributed by atoms with E-state index in [4.69, 9.17) is 0 Å². The normalized spacial score (nSPS) is 10.5. The van der Waals surface area contributed by atoms with Gasteiger partial charge in [-0.2, -0.15) is 5.10 Å². The van der Waals surface area contributed by atoms with E-state index in [9.17, 15) is 14.3 Å². The lowest BCUT2D eigenvalue weighted by atomic mass is 10.1. The number of aromatic nitrogens is 2. The van der Waals surface area contributed by atoms with Crippen molar-refractivity contribution in [2.75, 3.05) is 11.9 Å². The summed E-state index contributed by atoms with van der Waals surface area (Å²) in [6, 6.07) is 6.36. The van der Waals surface area contributed by atoms with Crippen LogP contribution in [0.25, 0.3) is 0 Å². The molecule has 21 heavy (non-hydrogen) atoms. The molecule has 0 aliphatic rings. The first-order chi connectivity index (χ1) is 9.91. The molecule has 0 fully saturated rings. The lowest BCUT2D eigenvalue weighted by Crippen LogP contribution is -2.23. The van der Waals surface area contributed by atoms with Gasteiger partial charge in [-0.3, -0.25) is 0 Å². The summed E-state index contributed by atoms with van der Waals surface area (Å²) in [6.45, 7) is 3.60. The van der Waals surface area contributed by atoms with Gasteiger partial charge in [0.2, 0.25) is 0 Å². The lowest BCUT2D eigenvalue weighted by molar-refractivity contribution is 0.0696. The number of hydrogen-bond acceptors (Lipinski definition) is 4. The SMILES string of the molecule is Cc1nnc(N(C)Cc2ccccc2F)c(C(=O)O)c1C. The zero-order valence-corrected chi connectivity index (χ0v) is 12.1. The van der Waals surface area contributed by atoms with Crippen LogP contribution < -0.4 is 4.90 Å². The highest BCUT2D eigenvalue weighted by Gasteiger charge is 2.21. The van der Waals surface area contributed by atoms with Gasteiger partial charge in [-0.25, -0.2) is 9.18 Å². The molecule has 1 aromatic heterocycles. The number of carboxylic acids is 1. The summed E-state index contributed by atoms with van der Waals surface area (Å²) in [6.07, 6.45) is 0. The zero-order valence-electron chi connectivity index (χ0n) is 12.1. The van der Waals surface area contributed by atoms with Crippen LogP contribution >= 0.6 is 0 Å². The predicted octanol–water partition coefficient (Wildman–Crippen LogP) is 2.57. The Morgan fingerprint density at radius 2 is 1.95 bits per heavy atom. The fourth-order valence-electron chi connectivity index (χ4n) is 2.08. The minimum atomic E-state index is -1.07. The van der Waals surface area contributed by atoms with Crippen LogP contribution in [0.1, 0.15) is 27.2 Å². The first-order valence-electron chi connectivity index (χ1n) is 6.43. The summed E-state index contributed by atoms with van der Waals surface area (Å²) < 4.78 is 13.7. The Hall–Kier alpha value is -2.50. The van der Waals surface area contributed by atoms with E-state index in [1.165, 1.54) is 6.07 Å². The van der Waals surface area contributed by atoms with E-state index in [0.717, 1.165) is 0 Å². The topological polar surface area (TPSA) is 66.3 Å². The van der Waals surface area contributed by atoms with Crippen molar-refractivity contribution in [1.29, 1.82) is 0 Å². The molecule has 1 heterocycles. The van der Waals surface area contributed by atoms with Crippen molar-refractivity contribution in [2.45, 2.75) is 20.4 Å². The van der Waals surface area contributed by atoms with E-state index in [0.29, 0.717) is 16.8 Å². The molecule has 0 bridgehead atoms. The summed E-state index contributed by atoms with van der Waals surface area (Å²) in [5.41, 5.74) is 1.70. The molecule has 0 saturated carbocycles. The highest BCUT2D eigenvalue weighted by atomic mass is 19.1. The van der Waals surface area contributed by atoms with E-state index in [2.05, 4.69) is 10.2 Å². The van der Waals surface area contributed by atoms with Crippen molar-refractivity contribution in [3.05, 3.63) is 52.5 Å². The highest BCUT2D eigenvalue weighted by molar-refractivity contribution is 5.95. The fraction of sp³-hybridized carbons (Fsp3) is 0.267. The number of carboxylic acid groups (broad SMARTS) is 1. The number of nitrogens with zero attached hydrogens (tertiary/aromatic N) is 3. The second-order valence-electron chi connectivity index (χ2n) is 4.86. The van der Waals surface area contributed by atoms with E-state index >= 15 is 0 Å². The summed E-state index contributed by atoms with van der Waals surface area (Å²) in [7, 11) is 1.66. The summed E-state index contributed by atoms with van der Waals surface area (Å²) in [4.78, 5) is 13.0. The molecule has 0 unspecified atom stereocenters. The minimum Gasteiger partial charge on any atom is -0.478 e. The van der Waals surface area contributed by atoms with Crippen LogP contribution in [0.3, 0.4) is 0 Å². The fourth-order valence-corrected chi connectivity index (χ4v) is 2.08. The maximum absolute atomic E-state index is 13.7. The molecule has 110 valence electrons. The molecule has 0 spiro atoms. The van der Waals surface area contributed by atoms with Gasteiger partial charge in [0.05, 0.1) is 5.69 Å². The molecular weight excluding hydrogens is 273 g/mol. The molecule has 1 N–H and O–H groups in total. The zero-order chi connectivity index (χ0) is 15.6. The quantitative estimate of drug-likeness (QED) is 0.937. The monoisotopic (exact) mass is 289 g/mol. The number of carbonyl (C=O) groups is 1. The van der Waals surface area contributed by atoms with Gasteiger partial charge in [-0.1, -0.05) is 18.2 Å². The minimum absolute atomic E-state index is 0.0985. The maximum Gasteiger partial charge on any atom is 0.339 e. The standard InChI is InChI=1S/C15H16FN3O2/c1-9-10(2)17-18-14(13(9)15(20)21)19(3)8-11-6-4-5-7-12(11)16/h4-7H,8H2,1-3H3,(H,20,21). The molecule has 0 saturated heterocycles. The number of halogens is 1. The molecule has 2 aromatic rings. The van der Waals surface area contributed by atoms with Gasteiger partial charge in [0.25, 0.3) is 0 Å². The lowest BCUT2D eigenvalue weighted by Gasteiger charge is -2.21. The van der Waals surface area contributed by atoms with Crippen molar-refractivity contribution in [3.8, 4) is 0 Å². The third-order valence-electron chi connectivity index (χ3n) is 3.38. The average molecular weight is 289 g/mol. The molecule has 2 rings (SSSR count). The molecule has 0 aliphatic heterocycles. The van der Waals surface area contributed by atoms with E-state index in [-0.39, 0.29) is 23.7 Å². The number of aryl methyl sites for hydroxylation is 1. The second kappa shape index (κ2) is 5.87. The van der Waals surface area contributed by atoms with Crippen LogP contribution in [-0.2, 0) is 6.54 Å². The number of aromatic carboxylic acids is 1. The molecule has 1 aromatic carbocycles. The van der Waals surface area contributed by atoms with E-state index in [1.54, 1.807) is 44.0 Å². The van der Waals surface area contributed by atoms with Gasteiger partial charge in [0.15, 0.2) is 5.82 Å². The summed E-state index contributed by atoms with van der Waals surface area (Å²) in [5.74, 6) is -1.17. The number of benzene rings is 1. The van der Waals surface area contributed by atoms with Crippen LogP contribution in [0.15, 0.2) is 24.3 Å². The molecule has 5 nitrogen and oxygen atoms in total. The van der Waals surface area contributed by atoms with Gasteiger partial charge >= 0.3 is 5.97 Å². The predicted molar refractivity (Wildman–Crippen MR) is 77.0 cm³/mol. The Morgan fingerprint density at radius 1 is 1.29 bits per heavy atom. The number of hydrogen-bond donors (Lipinski definition) is 1. The van der Waals surface area contributed by atoms with Crippen molar-refractivity contribution < 1.29 is 14.3 Å². The Bertz CT molecular complexity index is 689. The van der Waals surface area contributed by atoms with Gasteiger partial charge < -0.3 is 10.0 Å². The first kappa shape index (κ1) is 14.9.